The molecule has 0 aromatic rings. The van der Waals surface area contributed by atoms with Crippen molar-refractivity contribution in [2.24, 2.45) is 11.8 Å². The van der Waals surface area contributed by atoms with Crippen LogP contribution in [-0.2, 0) is 9.53 Å². The quantitative estimate of drug-likeness (QED) is 0.290. The van der Waals surface area contributed by atoms with Crippen molar-refractivity contribution in [1.82, 2.24) is 0 Å². The van der Waals surface area contributed by atoms with Gasteiger partial charge in [-0.1, -0.05) is 38.3 Å². The zero-order valence-electron chi connectivity index (χ0n) is 17.4. The number of hydrogen-bond donors (Lipinski definition) is 3. The Morgan fingerprint density at radius 1 is 1.37 bits per heavy atom. The zero-order chi connectivity index (χ0) is 19.1. The van der Waals surface area contributed by atoms with Crippen molar-refractivity contribution in [3.05, 3.63) is 23.7 Å². The Hall–Kier alpha value is -0.400. The number of aliphatic hydroxyl groups is 2. The summed E-state index contributed by atoms with van der Waals surface area (Å²) in [5.41, 5.74) is 0. The Labute approximate surface area is 184 Å². The average molecular weight is 394 g/mol. The SMILES string of the molecule is CCCCCC(O)/C=C/C1C(O)CC2O/C(=C(/F)CCCC(=O)O)CC21.[H-].[Na+]. The normalized spacial score (nSPS) is 29.9. The smallest absolute Gasteiger partial charge is 1.00 e. The van der Waals surface area contributed by atoms with Crippen LogP contribution in [0.2, 0.25) is 0 Å². The van der Waals surface area contributed by atoms with Gasteiger partial charge in [0.15, 0.2) is 0 Å². The first-order valence-electron chi connectivity index (χ1n) is 9.72. The molecule has 7 heteroatoms. The van der Waals surface area contributed by atoms with Crippen LogP contribution in [0.1, 0.15) is 66.1 Å². The first-order chi connectivity index (χ1) is 12.4. The van der Waals surface area contributed by atoms with E-state index in [9.17, 15) is 19.4 Å². The van der Waals surface area contributed by atoms with E-state index >= 15 is 0 Å². The number of carbonyl (C=O) groups is 1. The molecule has 1 saturated heterocycles. The van der Waals surface area contributed by atoms with Crippen molar-refractivity contribution in [3.63, 3.8) is 0 Å². The van der Waals surface area contributed by atoms with Gasteiger partial charge >= 0.3 is 35.5 Å². The van der Waals surface area contributed by atoms with Crippen molar-refractivity contribution in [1.29, 1.82) is 0 Å². The molecule has 1 aliphatic carbocycles. The van der Waals surface area contributed by atoms with Gasteiger partial charge < -0.3 is 21.5 Å². The molecule has 0 amide bonds. The van der Waals surface area contributed by atoms with Crippen LogP contribution in [0, 0.1) is 11.8 Å². The number of aliphatic hydroxyl groups excluding tert-OH is 2. The molecule has 2 aliphatic rings. The van der Waals surface area contributed by atoms with Crippen LogP contribution in [-0.4, -0.2) is 39.6 Å². The van der Waals surface area contributed by atoms with Gasteiger partial charge in [-0.2, -0.15) is 0 Å². The molecule has 5 unspecified atom stereocenters. The molecule has 2 rings (SSSR count). The molecular weight excluding hydrogens is 362 g/mol. The van der Waals surface area contributed by atoms with E-state index in [0.717, 1.165) is 19.3 Å². The van der Waals surface area contributed by atoms with Crippen LogP contribution < -0.4 is 29.6 Å². The molecule has 150 valence electrons. The third kappa shape index (κ3) is 7.50. The summed E-state index contributed by atoms with van der Waals surface area (Å²) in [4.78, 5) is 10.5. The minimum Gasteiger partial charge on any atom is -1.00 e. The largest absolute Gasteiger partial charge is 1.00 e. The van der Waals surface area contributed by atoms with Gasteiger partial charge in [-0.3, -0.25) is 4.79 Å². The topological polar surface area (TPSA) is 87.0 Å². The number of fused-ring (bicyclic) bond motifs is 1. The Morgan fingerprint density at radius 2 is 2.11 bits per heavy atom. The second kappa shape index (κ2) is 12.2. The summed E-state index contributed by atoms with van der Waals surface area (Å²) >= 11 is 0. The average Bonchev–Trinajstić information content (AvgIpc) is 3.10. The standard InChI is InChI=1S/C20H31FO5.Na.H/c1-2-3-4-6-13(22)9-10-14-15-11-19(26-18(15)12-17(14)23)16(21)7-5-8-20(24)25;;/h9-10,13-15,17-18,22-23H,2-8,11-12H2,1H3,(H,24,25);;/q;+1;-1/b10-9+,19-16+;;. The molecule has 5 nitrogen and oxygen atoms in total. The van der Waals surface area contributed by atoms with Gasteiger partial charge in [0.05, 0.1) is 12.2 Å². The van der Waals surface area contributed by atoms with Crippen LogP contribution in [0.15, 0.2) is 23.7 Å². The number of aliphatic carboxylic acids is 1. The van der Waals surface area contributed by atoms with Crippen molar-refractivity contribution in [2.45, 2.75) is 83.0 Å². The molecule has 5 atom stereocenters. The fourth-order valence-electron chi connectivity index (χ4n) is 3.89. The number of hydrogen-bond acceptors (Lipinski definition) is 4. The third-order valence-corrected chi connectivity index (χ3v) is 5.35. The van der Waals surface area contributed by atoms with Gasteiger partial charge in [0.2, 0.25) is 0 Å². The molecule has 1 aliphatic heterocycles. The predicted molar refractivity (Wildman–Crippen MR) is 97.1 cm³/mol. The molecule has 27 heavy (non-hydrogen) atoms. The minimum absolute atomic E-state index is 0. The van der Waals surface area contributed by atoms with Gasteiger partial charge in [-0.25, -0.2) is 4.39 Å². The van der Waals surface area contributed by atoms with Crippen molar-refractivity contribution in [3.8, 4) is 0 Å². The van der Waals surface area contributed by atoms with Crippen LogP contribution in [0.5, 0.6) is 0 Å². The Kier molecular flexibility index (Phi) is 11.2. The van der Waals surface area contributed by atoms with E-state index in [1.54, 1.807) is 6.08 Å². The maximum atomic E-state index is 14.2. The van der Waals surface area contributed by atoms with E-state index in [4.69, 9.17) is 9.84 Å². The maximum Gasteiger partial charge on any atom is 1.00 e. The van der Waals surface area contributed by atoms with Gasteiger partial charge in [-0.05, 0) is 12.8 Å². The fraction of sp³-hybridized carbons (Fsp3) is 0.750. The molecule has 0 aromatic carbocycles. The summed E-state index contributed by atoms with van der Waals surface area (Å²) < 4.78 is 19.9. The summed E-state index contributed by atoms with van der Waals surface area (Å²) in [5, 5.41) is 28.9. The summed E-state index contributed by atoms with van der Waals surface area (Å²) in [6.07, 6.45) is 7.34. The number of unbranched alkanes of at least 4 members (excludes halogenated alkanes) is 2. The molecular formula is C20H32FNaO5. The monoisotopic (exact) mass is 394 g/mol. The van der Waals surface area contributed by atoms with Gasteiger partial charge in [0, 0.05) is 37.5 Å². The number of carboxylic acids is 1. The predicted octanol–water partition coefficient (Wildman–Crippen LogP) is 0.822. The van der Waals surface area contributed by atoms with Gasteiger partial charge in [0.25, 0.3) is 0 Å². The first-order valence-corrected chi connectivity index (χ1v) is 9.72. The number of rotatable bonds is 10. The van der Waals surface area contributed by atoms with Crippen molar-refractivity contribution >= 4 is 5.97 Å². The molecule has 0 radical (unpaired) electrons. The van der Waals surface area contributed by atoms with Crippen LogP contribution in [0.4, 0.5) is 4.39 Å². The van der Waals surface area contributed by atoms with E-state index in [1.165, 1.54) is 0 Å². The molecule has 0 aromatic heterocycles. The Bertz CT molecular complexity index is 543. The Balaban J connectivity index is 0.00000364. The van der Waals surface area contributed by atoms with E-state index < -0.39 is 18.2 Å². The molecule has 1 heterocycles. The minimum atomic E-state index is -0.933. The summed E-state index contributed by atoms with van der Waals surface area (Å²) in [6, 6.07) is 0. The molecule has 3 N–H and O–H groups in total. The van der Waals surface area contributed by atoms with Gasteiger partial charge in [-0.15, -0.1) is 0 Å². The summed E-state index contributed by atoms with van der Waals surface area (Å²) in [7, 11) is 0. The van der Waals surface area contributed by atoms with E-state index in [0.29, 0.717) is 25.0 Å². The second-order valence-corrected chi connectivity index (χ2v) is 7.43. The molecule has 0 spiro atoms. The van der Waals surface area contributed by atoms with E-state index in [-0.39, 0.29) is 74.0 Å². The third-order valence-electron chi connectivity index (χ3n) is 5.35. The van der Waals surface area contributed by atoms with Crippen molar-refractivity contribution < 1.29 is 60.2 Å². The summed E-state index contributed by atoms with van der Waals surface area (Å²) in [6.45, 7) is 2.11. The van der Waals surface area contributed by atoms with Crippen LogP contribution in [0.3, 0.4) is 0 Å². The summed E-state index contributed by atoms with van der Waals surface area (Å²) in [5.74, 6) is -1.15. The Morgan fingerprint density at radius 3 is 2.78 bits per heavy atom. The maximum absolute atomic E-state index is 14.2. The molecule has 2 fully saturated rings. The first kappa shape index (κ1) is 24.6. The number of ether oxygens (including phenoxy) is 1. The van der Waals surface area contributed by atoms with Crippen molar-refractivity contribution in [2.75, 3.05) is 0 Å². The van der Waals surface area contributed by atoms with E-state index in [1.807, 2.05) is 6.08 Å². The number of carboxylic acid groups (broad SMARTS) is 1. The molecule has 0 bridgehead atoms. The van der Waals surface area contributed by atoms with E-state index in [2.05, 4.69) is 6.92 Å². The number of allylic oxidation sites excluding steroid dienone is 2. The van der Waals surface area contributed by atoms with Gasteiger partial charge in [0.1, 0.15) is 17.7 Å². The molecule has 1 saturated carbocycles. The van der Waals surface area contributed by atoms with Crippen LogP contribution >= 0.6 is 0 Å². The fourth-order valence-corrected chi connectivity index (χ4v) is 3.89. The second-order valence-electron chi connectivity index (χ2n) is 7.43. The number of halogens is 1. The zero-order valence-corrected chi connectivity index (χ0v) is 18.4. The van der Waals surface area contributed by atoms with Crippen LogP contribution in [0.25, 0.3) is 0 Å².